The van der Waals surface area contributed by atoms with Gasteiger partial charge in [-0.15, -0.1) is 5.10 Å². The summed E-state index contributed by atoms with van der Waals surface area (Å²) in [4.78, 5) is 21.6. The van der Waals surface area contributed by atoms with Crippen molar-refractivity contribution in [2.75, 3.05) is 5.32 Å². The first-order valence-electron chi connectivity index (χ1n) is 10.2. The van der Waals surface area contributed by atoms with Crippen LogP contribution in [0.5, 0.6) is 0 Å². The topological polar surface area (TPSA) is 132 Å². The van der Waals surface area contributed by atoms with Gasteiger partial charge in [-0.1, -0.05) is 19.1 Å². The molecule has 0 aliphatic rings. The van der Waals surface area contributed by atoms with E-state index in [2.05, 4.69) is 35.8 Å². The molecular weight excluding hydrogens is 410 g/mol. The van der Waals surface area contributed by atoms with E-state index in [-0.39, 0.29) is 11.8 Å². The third-order valence-corrected chi connectivity index (χ3v) is 5.45. The minimum atomic E-state index is -0.312. The summed E-state index contributed by atoms with van der Waals surface area (Å²) < 4.78 is 9.54. The molecule has 0 bridgehead atoms. The monoisotopic (exact) mass is 431 g/mol. The second-order valence-electron chi connectivity index (χ2n) is 7.40. The third kappa shape index (κ3) is 3.23. The molecule has 11 nitrogen and oxygen atoms in total. The van der Waals surface area contributed by atoms with Crippen molar-refractivity contribution >= 4 is 17.4 Å². The third-order valence-electron chi connectivity index (χ3n) is 5.45. The lowest BCUT2D eigenvalue weighted by Gasteiger charge is -2.13. The average molecular weight is 431 g/mol. The van der Waals surface area contributed by atoms with Crippen LogP contribution in [0, 0.1) is 6.92 Å². The highest BCUT2D eigenvalue weighted by molar-refractivity contribution is 6.04. The van der Waals surface area contributed by atoms with Gasteiger partial charge < -0.3 is 8.82 Å². The van der Waals surface area contributed by atoms with Gasteiger partial charge >= 0.3 is 0 Å². The second-order valence-corrected chi connectivity index (χ2v) is 7.40. The largest absolute Gasteiger partial charge is 0.443 e. The molecule has 0 saturated heterocycles. The Labute approximate surface area is 182 Å². The number of aromatic amines is 1. The van der Waals surface area contributed by atoms with Crippen molar-refractivity contribution < 1.29 is 9.21 Å². The van der Waals surface area contributed by atoms with Gasteiger partial charge in [-0.05, 0) is 25.5 Å². The van der Waals surface area contributed by atoms with Crippen LogP contribution < -0.4 is 5.32 Å². The highest BCUT2D eigenvalue weighted by Gasteiger charge is 2.29. The number of rotatable bonds is 6. The number of anilines is 1. The number of carbonyl (C=O) groups is 1. The van der Waals surface area contributed by atoms with Crippen LogP contribution in [-0.4, -0.2) is 45.5 Å². The Kier molecular flexibility index (Phi) is 4.77. The minimum absolute atomic E-state index is 0.182. The van der Waals surface area contributed by atoms with Crippen LogP contribution in [0.3, 0.4) is 0 Å². The van der Waals surface area contributed by atoms with E-state index in [9.17, 15) is 4.79 Å². The molecule has 0 fully saturated rings. The summed E-state index contributed by atoms with van der Waals surface area (Å²) in [5.74, 6) is 1.11. The van der Waals surface area contributed by atoms with E-state index in [1.54, 1.807) is 46.0 Å². The summed E-state index contributed by atoms with van der Waals surface area (Å²) in [5, 5.41) is 18.1. The van der Waals surface area contributed by atoms with Gasteiger partial charge in [0.25, 0.3) is 5.91 Å². The smallest absolute Gasteiger partial charge is 0.259 e. The Morgan fingerprint density at radius 1 is 1.31 bits per heavy atom. The maximum absolute atomic E-state index is 13.1. The molecule has 32 heavy (non-hydrogen) atoms. The number of nitrogens with zero attached hydrogens (tertiary/aromatic N) is 7. The van der Waals surface area contributed by atoms with Crippen molar-refractivity contribution in [3.05, 3.63) is 71.7 Å². The number of imidazole rings is 1. The predicted molar refractivity (Wildman–Crippen MR) is 115 cm³/mol. The molecule has 5 aromatic rings. The molecule has 0 aromatic carbocycles. The highest BCUT2D eigenvalue weighted by atomic mass is 16.4. The molecule has 1 atom stereocenters. The molecule has 5 heterocycles. The van der Waals surface area contributed by atoms with E-state index in [1.165, 1.54) is 6.33 Å². The van der Waals surface area contributed by atoms with Crippen LogP contribution in [-0.2, 0) is 6.42 Å². The van der Waals surface area contributed by atoms with Gasteiger partial charge in [-0.3, -0.25) is 15.2 Å². The number of fused-ring (bicyclic) bond motifs is 1. The predicted octanol–water partition coefficient (Wildman–Crippen LogP) is 2.90. The number of H-pyrrole nitrogens is 1. The van der Waals surface area contributed by atoms with Crippen LogP contribution in [0.2, 0.25) is 0 Å². The lowest BCUT2D eigenvalue weighted by molar-refractivity contribution is 0.102. The molecule has 2 N–H and O–H groups in total. The van der Waals surface area contributed by atoms with E-state index >= 15 is 0 Å². The molecule has 5 aromatic heterocycles. The lowest BCUT2D eigenvalue weighted by atomic mass is 9.99. The summed E-state index contributed by atoms with van der Waals surface area (Å²) in [6.45, 7) is 5.85. The molecular formula is C21H21N9O2. The van der Waals surface area contributed by atoms with E-state index in [0.29, 0.717) is 35.1 Å². The normalized spacial score (nSPS) is 12.3. The first kappa shape index (κ1) is 19.7. The zero-order valence-electron chi connectivity index (χ0n) is 17.8. The molecule has 0 saturated carbocycles. The summed E-state index contributed by atoms with van der Waals surface area (Å²) in [7, 11) is 0. The molecule has 0 aliphatic heterocycles. The second kappa shape index (κ2) is 7.76. The van der Waals surface area contributed by atoms with E-state index in [0.717, 1.165) is 16.9 Å². The summed E-state index contributed by atoms with van der Waals surface area (Å²) in [6.07, 6.45) is 9.05. The Hall–Kier alpha value is -4.28. The molecule has 1 unspecified atom stereocenters. The molecule has 1 amide bonds. The van der Waals surface area contributed by atoms with Crippen molar-refractivity contribution in [2.24, 2.45) is 0 Å². The average Bonchev–Trinajstić information content (AvgIpc) is 3.58. The van der Waals surface area contributed by atoms with E-state index < -0.39 is 0 Å². The number of pyridine rings is 1. The number of aromatic nitrogens is 8. The van der Waals surface area contributed by atoms with Crippen LogP contribution in [0.4, 0.5) is 5.88 Å². The molecule has 0 spiro atoms. The zero-order chi connectivity index (χ0) is 22.2. The van der Waals surface area contributed by atoms with E-state index in [4.69, 9.17) is 4.42 Å². The Morgan fingerprint density at radius 3 is 2.97 bits per heavy atom. The number of aryl methyl sites for hydroxylation is 2. The van der Waals surface area contributed by atoms with Gasteiger partial charge in [-0.2, -0.15) is 5.10 Å². The van der Waals surface area contributed by atoms with Gasteiger partial charge in [0, 0.05) is 30.1 Å². The highest BCUT2D eigenvalue weighted by Crippen LogP contribution is 2.38. The Morgan fingerprint density at radius 2 is 2.19 bits per heavy atom. The number of carbonyl (C=O) groups excluding carboxylic acids is 1. The Balaban J connectivity index is 1.60. The number of hydrogen-bond acceptors (Lipinski definition) is 7. The SMILES string of the molecule is CCc1cnnn1-c1c(NC(=O)c2ccc3nccn3c2)oc(C)c1C(C)c1ncn[nH]1. The Bertz CT molecular complexity index is 1390. The summed E-state index contributed by atoms with van der Waals surface area (Å²) >= 11 is 0. The molecule has 0 aliphatic carbocycles. The number of amides is 1. The van der Waals surface area contributed by atoms with Crippen LogP contribution in [0.1, 0.15) is 53.0 Å². The van der Waals surface area contributed by atoms with E-state index in [1.807, 2.05) is 20.8 Å². The number of furan rings is 1. The van der Waals surface area contributed by atoms with Crippen LogP contribution >= 0.6 is 0 Å². The summed E-state index contributed by atoms with van der Waals surface area (Å²) in [5.41, 5.74) is 3.57. The maximum Gasteiger partial charge on any atom is 0.259 e. The molecule has 0 radical (unpaired) electrons. The van der Waals surface area contributed by atoms with Gasteiger partial charge in [0.1, 0.15) is 29.2 Å². The molecule has 162 valence electrons. The summed E-state index contributed by atoms with van der Waals surface area (Å²) in [6, 6.07) is 3.51. The van der Waals surface area contributed by atoms with Crippen LogP contribution in [0.25, 0.3) is 11.3 Å². The number of nitrogens with one attached hydrogen (secondary N) is 2. The quantitative estimate of drug-likeness (QED) is 0.422. The lowest BCUT2D eigenvalue weighted by Crippen LogP contribution is -2.15. The van der Waals surface area contributed by atoms with Gasteiger partial charge in [0.05, 0.1) is 17.5 Å². The van der Waals surface area contributed by atoms with Crippen molar-refractivity contribution in [2.45, 2.75) is 33.1 Å². The van der Waals surface area contributed by atoms with Crippen molar-refractivity contribution in [3.8, 4) is 5.69 Å². The van der Waals surface area contributed by atoms with Gasteiger partial charge in [-0.25, -0.2) is 14.6 Å². The van der Waals surface area contributed by atoms with Gasteiger partial charge in [0.2, 0.25) is 5.88 Å². The first-order valence-corrected chi connectivity index (χ1v) is 10.2. The fourth-order valence-corrected chi connectivity index (χ4v) is 3.83. The minimum Gasteiger partial charge on any atom is -0.443 e. The molecule has 11 heteroatoms. The zero-order valence-corrected chi connectivity index (χ0v) is 17.8. The van der Waals surface area contributed by atoms with Crippen LogP contribution in [0.15, 0.2) is 47.7 Å². The maximum atomic E-state index is 13.1. The van der Waals surface area contributed by atoms with Crippen molar-refractivity contribution in [1.29, 1.82) is 0 Å². The number of hydrogen-bond donors (Lipinski definition) is 2. The van der Waals surface area contributed by atoms with Gasteiger partial charge in [0.15, 0.2) is 0 Å². The van der Waals surface area contributed by atoms with Crippen molar-refractivity contribution in [3.63, 3.8) is 0 Å². The fourth-order valence-electron chi connectivity index (χ4n) is 3.83. The standard InChI is InChI=1S/C21H21N9O2/c1-4-15-9-24-28-30(15)18-17(12(2)19-23-11-25-27-19)13(3)32-21(18)26-20(31)14-5-6-16-22-7-8-29(16)10-14/h5-12H,4H2,1-3H3,(H,26,31)(H,23,25,27). The van der Waals surface area contributed by atoms with Crippen molar-refractivity contribution in [1.82, 2.24) is 39.6 Å². The first-order chi connectivity index (χ1) is 15.6. The molecule has 5 rings (SSSR count). The fraction of sp³-hybridized carbons (Fsp3) is 0.238.